The van der Waals surface area contributed by atoms with E-state index in [9.17, 15) is 0 Å². The van der Waals surface area contributed by atoms with Gasteiger partial charge in [0.2, 0.25) is 0 Å². The molecule has 0 aliphatic rings. The predicted molar refractivity (Wildman–Crippen MR) is 128 cm³/mol. The molecule has 0 spiro atoms. The fourth-order valence-electron chi connectivity index (χ4n) is 4.40. The van der Waals surface area contributed by atoms with Gasteiger partial charge in [0.1, 0.15) is 11.6 Å². The van der Waals surface area contributed by atoms with Crippen LogP contribution in [0.3, 0.4) is 0 Å². The molecule has 3 heteroatoms. The van der Waals surface area contributed by atoms with Crippen LogP contribution >= 0.6 is 0 Å². The van der Waals surface area contributed by atoms with E-state index in [0.717, 1.165) is 33.9 Å². The summed E-state index contributed by atoms with van der Waals surface area (Å²) in [6.07, 6.45) is 0. The molecule has 0 aliphatic carbocycles. The molecular weight excluding hydrogens is 380 g/mol. The van der Waals surface area contributed by atoms with Crippen molar-refractivity contribution in [2.45, 2.75) is 0 Å². The third-order valence-electron chi connectivity index (χ3n) is 5.91. The molecule has 0 amide bonds. The number of hydrogen-bond donors (Lipinski definition) is 0. The standard InChI is InChI=1S/C28H20N2O/c1-31-22-14-11-20(12-15-22)28-29-27-25-16-13-19-7-5-6-10-23(19)24(25)17-18-26(27)30(28)21-8-3-2-4-9-21/h2-18H,1H3. The van der Waals surface area contributed by atoms with Crippen molar-refractivity contribution in [1.29, 1.82) is 0 Å². The van der Waals surface area contributed by atoms with Gasteiger partial charge in [-0.1, -0.05) is 60.7 Å². The van der Waals surface area contributed by atoms with Crippen molar-refractivity contribution in [3.8, 4) is 22.8 Å². The Morgan fingerprint density at radius 3 is 2.19 bits per heavy atom. The molecule has 0 radical (unpaired) electrons. The highest BCUT2D eigenvalue weighted by atomic mass is 16.5. The minimum atomic E-state index is 0.836. The van der Waals surface area contributed by atoms with Crippen molar-refractivity contribution in [2.75, 3.05) is 7.11 Å². The fourth-order valence-corrected chi connectivity index (χ4v) is 4.40. The second-order valence-corrected chi connectivity index (χ2v) is 7.65. The van der Waals surface area contributed by atoms with E-state index >= 15 is 0 Å². The molecule has 6 aromatic rings. The first-order valence-electron chi connectivity index (χ1n) is 10.4. The van der Waals surface area contributed by atoms with E-state index in [4.69, 9.17) is 9.72 Å². The zero-order valence-electron chi connectivity index (χ0n) is 17.1. The van der Waals surface area contributed by atoms with E-state index < -0.39 is 0 Å². The van der Waals surface area contributed by atoms with Crippen LogP contribution in [0, 0.1) is 0 Å². The number of nitrogens with zero attached hydrogens (tertiary/aromatic N) is 2. The van der Waals surface area contributed by atoms with Crippen LogP contribution in [0.4, 0.5) is 0 Å². The normalized spacial score (nSPS) is 11.4. The van der Waals surface area contributed by atoms with Crippen molar-refractivity contribution in [1.82, 2.24) is 9.55 Å². The summed E-state index contributed by atoms with van der Waals surface area (Å²) in [5.74, 6) is 1.76. The number of methoxy groups -OCH3 is 1. The van der Waals surface area contributed by atoms with E-state index in [1.807, 2.05) is 18.2 Å². The first-order valence-corrected chi connectivity index (χ1v) is 10.4. The van der Waals surface area contributed by atoms with Crippen LogP contribution in [0.5, 0.6) is 5.75 Å². The Bertz CT molecular complexity index is 1550. The van der Waals surface area contributed by atoms with Gasteiger partial charge in [0.05, 0.1) is 18.1 Å². The van der Waals surface area contributed by atoms with Crippen molar-refractivity contribution in [2.24, 2.45) is 0 Å². The van der Waals surface area contributed by atoms with Gasteiger partial charge in [-0.2, -0.15) is 0 Å². The van der Waals surface area contributed by atoms with Crippen LogP contribution in [0.1, 0.15) is 0 Å². The Morgan fingerprint density at radius 1 is 0.645 bits per heavy atom. The van der Waals surface area contributed by atoms with Gasteiger partial charge < -0.3 is 4.74 Å². The molecular formula is C28H20N2O. The summed E-state index contributed by atoms with van der Waals surface area (Å²) in [4.78, 5) is 5.17. The van der Waals surface area contributed by atoms with Crippen molar-refractivity contribution in [3.05, 3.63) is 103 Å². The topological polar surface area (TPSA) is 27.1 Å². The zero-order valence-corrected chi connectivity index (χ0v) is 17.1. The Kier molecular flexibility index (Phi) is 4.00. The third-order valence-corrected chi connectivity index (χ3v) is 5.91. The Morgan fingerprint density at radius 2 is 1.39 bits per heavy atom. The molecule has 31 heavy (non-hydrogen) atoms. The highest BCUT2D eigenvalue weighted by molar-refractivity contribution is 6.16. The van der Waals surface area contributed by atoms with E-state index in [2.05, 4.69) is 89.5 Å². The average Bonchev–Trinajstić information content (AvgIpc) is 3.24. The fraction of sp³-hybridized carbons (Fsp3) is 0.0357. The van der Waals surface area contributed by atoms with Gasteiger partial charge in [-0.15, -0.1) is 0 Å². The molecule has 6 rings (SSSR count). The molecule has 1 heterocycles. The number of para-hydroxylation sites is 1. The van der Waals surface area contributed by atoms with E-state index in [1.54, 1.807) is 7.11 Å². The Hall–Kier alpha value is -4.11. The second-order valence-electron chi connectivity index (χ2n) is 7.65. The number of hydrogen-bond acceptors (Lipinski definition) is 2. The number of benzene rings is 5. The minimum absolute atomic E-state index is 0.836. The smallest absolute Gasteiger partial charge is 0.145 e. The molecule has 0 aliphatic heterocycles. The maximum absolute atomic E-state index is 5.35. The van der Waals surface area contributed by atoms with Crippen LogP contribution in [-0.4, -0.2) is 16.7 Å². The van der Waals surface area contributed by atoms with Crippen molar-refractivity contribution in [3.63, 3.8) is 0 Å². The van der Waals surface area contributed by atoms with Gasteiger partial charge in [-0.3, -0.25) is 4.57 Å². The van der Waals surface area contributed by atoms with Crippen LogP contribution in [0.2, 0.25) is 0 Å². The number of aromatic nitrogens is 2. The SMILES string of the molecule is COc1ccc(-c2nc3c4ccc5ccccc5c4ccc3n2-c2ccccc2)cc1. The van der Waals surface area contributed by atoms with E-state index in [1.165, 1.54) is 21.5 Å². The maximum atomic E-state index is 5.35. The molecule has 148 valence electrons. The first kappa shape index (κ1) is 17.7. The first-order chi connectivity index (χ1) is 15.3. The van der Waals surface area contributed by atoms with Crippen molar-refractivity contribution < 1.29 is 4.74 Å². The Labute approximate surface area is 180 Å². The van der Waals surface area contributed by atoms with Gasteiger partial charge in [0, 0.05) is 16.6 Å². The lowest BCUT2D eigenvalue weighted by atomic mass is 10.0. The van der Waals surface area contributed by atoms with Crippen LogP contribution in [0.15, 0.2) is 103 Å². The lowest BCUT2D eigenvalue weighted by Gasteiger charge is -2.10. The van der Waals surface area contributed by atoms with Crippen LogP contribution in [0.25, 0.3) is 49.7 Å². The number of rotatable bonds is 3. The number of imidazole rings is 1. The summed E-state index contributed by atoms with van der Waals surface area (Å²) >= 11 is 0. The second kappa shape index (κ2) is 6.99. The summed E-state index contributed by atoms with van der Waals surface area (Å²) in [7, 11) is 1.69. The molecule has 5 aromatic carbocycles. The van der Waals surface area contributed by atoms with Gasteiger partial charge in [-0.05, 0) is 58.6 Å². The largest absolute Gasteiger partial charge is 0.497 e. The molecule has 3 nitrogen and oxygen atoms in total. The average molecular weight is 400 g/mol. The summed E-state index contributed by atoms with van der Waals surface area (Å²) in [5.41, 5.74) is 4.25. The zero-order chi connectivity index (χ0) is 20.8. The van der Waals surface area contributed by atoms with Gasteiger partial charge in [-0.25, -0.2) is 4.98 Å². The summed E-state index contributed by atoms with van der Waals surface area (Å²) < 4.78 is 7.59. The molecule has 0 N–H and O–H groups in total. The molecule has 0 unspecified atom stereocenters. The number of fused-ring (bicyclic) bond motifs is 5. The highest BCUT2D eigenvalue weighted by Crippen LogP contribution is 2.35. The molecule has 0 bridgehead atoms. The Balaban J connectivity index is 1.71. The molecule has 1 aromatic heterocycles. The molecule has 0 fully saturated rings. The van der Waals surface area contributed by atoms with E-state index in [0.29, 0.717) is 0 Å². The van der Waals surface area contributed by atoms with Gasteiger partial charge >= 0.3 is 0 Å². The minimum Gasteiger partial charge on any atom is -0.497 e. The molecule has 0 saturated heterocycles. The van der Waals surface area contributed by atoms with Gasteiger partial charge in [0.15, 0.2) is 0 Å². The van der Waals surface area contributed by atoms with Crippen LogP contribution in [-0.2, 0) is 0 Å². The predicted octanol–water partition coefficient (Wildman–Crippen LogP) is 7.01. The summed E-state index contributed by atoms with van der Waals surface area (Å²) in [6, 6.07) is 35.8. The number of ether oxygens (including phenoxy) is 1. The lowest BCUT2D eigenvalue weighted by molar-refractivity contribution is 0.415. The quantitative estimate of drug-likeness (QED) is 0.299. The van der Waals surface area contributed by atoms with Gasteiger partial charge in [0.25, 0.3) is 0 Å². The lowest BCUT2D eigenvalue weighted by Crippen LogP contribution is -1.97. The monoisotopic (exact) mass is 400 g/mol. The molecule has 0 atom stereocenters. The highest BCUT2D eigenvalue weighted by Gasteiger charge is 2.17. The maximum Gasteiger partial charge on any atom is 0.145 e. The molecule has 0 saturated carbocycles. The van der Waals surface area contributed by atoms with Crippen LogP contribution < -0.4 is 4.74 Å². The third kappa shape index (κ3) is 2.78. The summed E-state index contributed by atoms with van der Waals surface area (Å²) in [6.45, 7) is 0. The van der Waals surface area contributed by atoms with E-state index in [-0.39, 0.29) is 0 Å². The summed E-state index contributed by atoms with van der Waals surface area (Å²) in [5, 5.41) is 4.89. The van der Waals surface area contributed by atoms with Crippen molar-refractivity contribution >= 4 is 32.6 Å².